The number of rotatable bonds is 8. The molecule has 0 unspecified atom stereocenters. The van der Waals surface area contributed by atoms with E-state index in [1.54, 1.807) is 0 Å². The van der Waals surface area contributed by atoms with Gasteiger partial charge in [0.2, 0.25) is 0 Å². The fourth-order valence-electron chi connectivity index (χ4n) is 11.2. The molecule has 11 aromatic carbocycles. The molecule has 314 valence electrons. The fourth-order valence-corrected chi connectivity index (χ4v) is 11.2. The molecule has 0 saturated heterocycles. The highest BCUT2D eigenvalue weighted by molar-refractivity contribution is 6.12. The third-order valence-electron chi connectivity index (χ3n) is 14.1. The molecule has 2 heteroatoms. The monoisotopic (exact) mass is 852 g/mol. The van der Waals surface area contributed by atoms with Gasteiger partial charge in [0.15, 0.2) is 0 Å². The van der Waals surface area contributed by atoms with Crippen molar-refractivity contribution in [3.05, 3.63) is 289 Å². The van der Waals surface area contributed by atoms with E-state index in [1.165, 1.54) is 88.2 Å². The van der Waals surface area contributed by atoms with Crippen LogP contribution in [0.2, 0.25) is 0 Å². The van der Waals surface area contributed by atoms with Crippen LogP contribution in [-0.2, 0) is 5.41 Å². The number of benzene rings is 11. The molecule has 0 fully saturated rings. The van der Waals surface area contributed by atoms with Gasteiger partial charge < -0.3 is 9.47 Å². The van der Waals surface area contributed by atoms with Gasteiger partial charge in [-0.1, -0.05) is 206 Å². The van der Waals surface area contributed by atoms with Crippen molar-refractivity contribution in [3.63, 3.8) is 0 Å². The molecule has 0 atom stereocenters. The van der Waals surface area contributed by atoms with Crippen LogP contribution >= 0.6 is 0 Å². The smallest absolute Gasteiger partial charge is 0.0714 e. The molecular formula is C65H44N2. The van der Waals surface area contributed by atoms with Gasteiger partial charge >= 0.3 is 0 Å². The lowest BCUT2D eigenvalue weighted by molar-refractivity contribution is 0.768. The minimum absolute atomic E-state index is 0.526. The third-order valence-corrected chi connectivity index (χ3v) is 14.1. The second-order valence-electron chi connectivity index (χ2n) is 17.6. The minimum Gasteiger partial charge on any atom is -0.310 e. The lowest BCUT2D eigenvalue weighted by Gasteiger charge is -2.35. The van der Waals surface area contributed by atoms with Crippen molar-refractivity contribution in [3.8, 4) is 39.1 Å². The summed E-state index contributed by atoms with van der Waals surface area (Å²) < 4.78 is 2.38. The van der Waals surface area contributed by atoms with Gasteiger partial charge in [-0.2, -0.15) is 0 Å². The zero-order valence-corrected chi connectivity index (χ0v) is 36.8. The Morgan fingerprint density at radius 3 is 1.55 bits per heavy atom. The maximum atomic E-state index is 2.47. The largest absolute Gasteiger partial charge is 0.310 e. The van der Waals surface area contributed by atoms with Crippen molar-refractivity contribution in [2.75, 3.05) is 4.90 Å². The summed E-state index contributed by atoms with van der Waals surface area (Å²) in [5, 5.41) is 4.87. The zero-order valence-electron chi connectivity index (χ0n) is 36.8. The Balaban J connectivity index is 1.03. The summed E-state index contributed by atoms with van der Waals surface area (Å²) in [6.45, 7) is 0. The zero-order chi connectivity index (χ0) is 44.3. The average molecular weight is 853 g/mol. The van der Waals surface area contributed by atoms with Gasteiger partial charge in [-0.05, 0) is 122 Å². The molecule has 12 aromatic rings. The van der Waals surface area contributed by atoms with E-state index in [-0.39, 0.29) is 0 Å². The standard InChI is InChI=1S/C65H44N2/c1-5-19-45(20-6-1)46-33-36-51(37-34-46)66(52-38-39-56-55-28-15-17-31-60(55)65(61(56)44-52,48-21-7-2-8-22-48)49-23-9-3-10-24-49)63-42-40-53(54-27-13-14-29-57(54)63)47-35-41-64-59(43-47)58-30-16-18-32-62(58)67(64)50-25-11-4-12-26-50/h1-44H. The van der Waals surface area contributed by atoms with Crippen LogP contribution in [0.25, 0.3) is 71.6 Å². The number of fused-ring (bicyclic) bond motifs is 7. The van der Waals surface area contributed by atoms with E-state index in [0.717, 1.165) is 22.7 Å². The molecule has 0 aliphatic heterocycles. The quantitative estimate of drug-likeness (QED) is 0.148. The highest BCUT2D eigenvalue weighted by atomic mass is 15.1. The molecule has 2 nitrogen and oxygen atoms in total. The minimum atomic E-state index is -0.526. The topological polar surface area (TPSA) is 8.17 Å². The summed E-state index contributed by atoms with van der Waals surface area (Å²) in [6.07, 6.45) is 0. The van der Waals surface area contributed by atoms with Gasteiger partial charge in [-0.3, -0.25) is 0 Å². The van der Waals surface area contributed by atoms with Crippen molar-refractivity contribution in [1.82, 2.24) is 4.57 Å². The summed E-state index contributed by atoms with van der Waals surface area (Å²) in [5.74, 6) is 0. The van der Waals surface area contributed by atoms with Crippen LogP contribution in [0, 0.1) is 0 Å². The maximum Gasteiger partial charge on any atom is 0.0714 e. The molecule has 1 aromatic heterocycles. The Morgan fingerprint density at radius 2 is 0.821 bits per heavy atom. The predicted octanol–water partition coefficient (Wildman–Crippen LogP) is 17.1. The number of para-hydroxylation sites is 2. The van der Waals surface area contributed by atoms with Gasteiger partial charge in [-0.25, -0.2) is 0 Å². The maximum absolute atomic E-state index is 2.47. The van der Waals surface area contributed by atoms with Gasteiger partial charge in [0.1, 0.15) is 0 Å². The molecule has 0 N–H and O–H groups in total. The van der Waals surface area contributed by atoms with Crippen molar-refractivity contribution in [1.29, 1.82) is 0 Å². The van der Waals surface area contributed by atoms with Gasteiger partial charge in [0, 0.05) is 33.2 Å². The number of nitrogens with zero attached hydrogens (tertiary/aromatic N) is 2. The number of hydrogen-bond acceptors (Lipinski definition) is 1. The van der Waals surface area contributed by atoms with Crippen LogP contribution in [0.1, 0.15) is 22.3 Å². The third kappa shape index (κ3) is 6.11. The first kappa shape index (κ1) is 38.7. The normalized spacial score (nSPS) is 12.6. The predicted molar refractivity (Wildman–Crippen MR) is 281 cm³/mol. The first-order valence-corrected chi connectivity index (χ1v) is 23.2. The molecular weight excluding hydrogens is 809 g/mol. The molecule has 0 radical (unpaired) electrons. The van der Waals surface area contributed by atoms with Gasteiger partial charge in [0.05, 0.1) is 22.1 Å². The van der Waals surface area contributed by atoms with E-state index >= 15 is 0 Å². The second kappa shape index (κ2) is 15.8. The SMILES string of the molecule is c1ccc(-c2ccc(N(c3ccc4c(c3)C(c3ccccc3)(c3ccccc3)c3ccccc3-4)c3ccc(-c4ccc5c(c4)c4ccccc4n5-c4ccccc4)c4ccccc34)cc2)cc1. The van der Waals surface area contributed by atoms with Crippen molar-refractivity contribution >= 4 is 49.6 Å². The molecule has 67 heavy (non-hydrogen) atoms. The Kier molecular flexibility index (Phi) is 9.11. The van der Waals surface area contributed by atoms with Crippen LogP contribution in [-0.4, -0.2) is 4.57 Å². The molecule has 1 heterocycles. The summed E-state index contributed by atoms with van der Waals surface area (Å²) in [6, 6.07) is 98.1. The first-order chi connectivity index (χ1) is 33.3. The Bertz CT molecular complexity index is 3740. The summed E-state index contributed by atoms with van der Waals surface area (Å²) in [7, 11) is 0. The van der Waals surface area contributed by atoms with Crippen molar-refractivity contribution in [2.24, 2.45) is 0 Å². The van der Waals surface area contributed by atoms with Gasteiger partial charge in [-0.15, -0.1) is 0 Å². The number of aromatic nitrogens is 1. The van der Waals surface area contributed by atoms with Crippen LogP contribution in [0.3, 0.4) is 0 Å². The van der Waals surface area contributed by atoms with E-state index in [4.69, 9.17) is 0 Å². The molecule has 0 bridgehead atoms. The Labute approximate surface area is 390 Å². The first-order valence-electron chi connectivity index (χ1n) is 23.2. The molecule has 0 saturated carbocycles. The lowest BCUT2D eigenvalue weighted by Crippen LogP contribution is -2.28. The fraction of sp³-hybridized carbons (Fsp3) is 0.0154. The van der Waals surface area contributed by atoms with E-state index in [1.807, 2.05) is 0 Å². The Morgan fingerprint density at radius 1 is 0.299 bits per heavy atom. The summed E-state index contributed by atoms with van der Waals surface area (Å²) >= 11 is 0. The molecule has 1 aliphatic rings. The second-order valence-corrected chi connectivity index (χ2v) is 17.6. The summed E-state index contributed by atoms with van der Waals surface area (Å²) in [5.41, 5.74) is 18.7. The van der Waals surface area contributed by atoms with E-state index in [2.05, 4.69) is 276 Å². The number of hydrogen-bond donors (Lipinski definition) is 0. The van der Waals surface area contributed by atoms with Crippen LogP contribution < -0.4 is 4.90 Å². The molecule has 1 aliphatic carbocycles. The number of anilines is 3. The van der Waals surface area contributed by atoms with Crippen LogP contribution in [0.4, 0.5) is 17.1 Å². The van der Waals surface area contributed by atoms with E-state index in [0.29, 0.717) is 0 Å². The van der Waals surface area contributed by atoms with Crippen molar-refractivity contribution in [2.45, 2.75) is 5.41 Å². The van der Waals surface area contributed by atoms with Crippen LogP contribution in [0.15, 0.2) is 267 Å². The highest BCUT2D eigenvalue weighted by Crippen LogP contribution is 2.57. The molecule has 0 amide bonds. The van der Waals surface area contributed by atoms with Gasteiger partial charge in [0.25, 0.3) is 0 Å². The van der Waals surface area contributed by atoms with E-state index in [9.17, 15) is 0 Å². The van der Waals surface area contributed by atoms with E-state index < -0.39 is 5.41 Å². The van der Waals surface area contributed by atoms with Crippen molar-refractivity contribution < 1.29 is 0 Å². The molecule has 0 spiro atoms. The summed E-state index contributed by atoms with van der Waals surface area (Å²) in [4.78, 5) is 2.47. The molecule has 13 rings (SSSR count). The highest BCUT2D eigenvalue weighted by Gasteiger charge is 2.46. The average Bonchev–Trinajstić information content (AvgIpc) is 3.90. The van der Waals surface area contributed by atoms with Crippen LogP contribution in [0.5, 0.6) is 0 Å². The lowest BCUT2D eigenvalue weighted by atomic mass is 9.67. The Hall–Kier alpha value is -8.72.